The SMILES string of the molecule is CC1(C)C(=O)N(C(=O)NCC2CCN(C(C(=O)O)C(C)(C)C)CC2)c2cc(F)ccc21. The number of imide groups is 1. The third-order valence-electron chi connectivity index (χ3n) is 6.43. The van der Waals surface area contributed by atoms with Crippen LogP contribution in [0.4, 0.5) is 14.9 Å². The zero-order chi connectivity index (χ0) is 23.1. The van der Waals surface area contributed by atoms with Gasteiger partial charge in [-0.25, -0.2) is 14.1 Å². The van der Waals surface area contributed by atoms with E-state index in [-0.39, 0.29) is 22.9 Å². The van der Waals surface area contributed by atoms with E-state index in [1.165, 1.54) is 12.1 Å². The summed E-state index contributed by atoms with van der Waals surface area (Å²) in [5.74, 6) is -1.51. The van der Waals surface area contributed by atoms with Gasteiger partial charge in [-0.3, -0.25) is 14.5 Å². The van der Waals surface area contributed by atoms with E-state index in [2.05, 4.69) is 5.32 Å². The number of amides is 3. The summed E-state index contributed by atoms with van der Waals surface area (Å²) in [6, 6.07) is 2.96. The molecule has 2 aliphatic heterocycles. The Hall–Kier alpha value is -2.48. The zero-order valence-corrected chi connectivity index (χ0v) is 18.9. The van der Waals surface area contributed by atoms with Gasteiger partial charge >= 0.3 is 12.0 Å². The number of carbonyl (C=O) groups excluding carboxylic acids is 2. The molecule has 1 aromatic carbocycles. The Kier molecular flexibility index (Phi) is 6.15. The van der Waals surface area contributed by atoms with Crippen LogP contribution < -0.4 is 10.2 Å². The maximum absolute atomic E-state index is 13.8. The Morgan fingerprint density at radius 1 is 1.26 bits per heavy atom. The number of aliphatic carboxylic acids is 1. The summed E-state index contributed by atoms with van der Waals surface area (Å²) < 4.78 is 13.8. The van der Waals surface area contributed by atoms with Crippen molar-refractivity contribution in [1.82, 2.24) is 10.2 Å². The molecule has 7 nitrogen and oxygen atoms in total. The molecule has 0 saturated carbocycles. The fourth-order valence-electron chi connectivity index (χ4n) is 4.72. The van der Waals surface area contributed by atoms with Crippen molar-refractivity contribution in [3.63, 3.8) is 0 Å². The van der Waals surface area contributed by atoms with Crippen LogP contribution in [-0.4, -0.2) is 53.6 Å². The minimum atomic E-state index is -0.898. The second kappa shape index (κ2) is 8.22. The molecule has 3 rings (SSSR count). The molecule has 1 atom stereocenters. The van der Waals surface area contributed by atoms with E-state index in [1.54, 1.807) is 19.9 Å². The van der Waals surface area contributed by atoms with Crippen molar-refractivity contribution in [3.8, 4) is 0 Å². The summed E-state index contributed by atoms with van der Waals surface area (Å²) in [6.07, 6.45) is 1.51. The number of carboxylic acid groups (broad SMARTS) is 1. The van der Waals surface area contributed by atoms with Crippen LogP contribution >= 0.6 is 0 Å². The fraction of sp³-hybridized carbons (Fsp3) is 0.609. The highest BCUT2D eigenvalue weighted by molar-refractivity contribution is 6.22. The van der Waals surface area contributed by atoms with Crippen molar-refractivity contribution in [3.05, 3.63) is 29.6 Å². The minimum absolute atomic E-state index is 0.187. The number of carboxylic acids is 1. The Morgan fingerprint density at radius 2 is 1.87 bits per heavy atom. The maximum Gasteiger partial charge on any atom is 0.328 e. The second-order valence-electron chi connectivity index (χ2n) is 10.2. The predicted octanol–water partition coefficient (Wildman–Crippen LogP) is 3.37. The van der Waals surface area contributed by atoms with Crippen molar-refractivity contribution >= 4 is 23.6 Å². The molecule has 1 unspecified atom stereocenters. The van der Waals surface area contributed by atoms with Crippen molar-refractivity contribution < 1.29 is 23.9 Å². The molecular weight excluding hydrogens is 401 g/mol. The van der Waals surface area contributed by atoms with Crippen LogP contribution in [0, 0.1) is 17.2 Å². The Morgan fingerprint density at radius 3 is 2.42 bits per heavy atom. The van der Waals surface area contributed by atoms with Gasteiger partial charge < -0.3 is 10.4 Å². The van der Waals surface area contributed by atoms with Crippen LogP contribution in [-0.2, 0) is 15.0 Å². The van der Waals surface area contributed by atoms with Crippen molar-refractivity contribution in [2.24, 2.45) is 11.3 Å². The summed E-state index contributed by atoms with van der Waals surface area (Å²) in [5, 5.41) is 12.5. The Labute approximate surface area is 182 Å². The normalized spacial score (nSPS) is 20.5. The van der Waals surface area contributed by atoms with Crippen LogP contribution in [0.25, 0.3) is 0 Å². The highest BCUT2D eigenvalue weighted by Gasteiger charge is 2.47. The third kappa shape index (κ3) is 4.44. The van der Waals surface area contributed by atoms with Gasteiger partial charge in [-0.1, -0.05) is 26.8 Å². The number of rotatable bonds is 4. The molecule has 1 saturated heterocycles. The molecule has 8 heteroatoms. The van der Waals surface area contributed by atoms with Crippen molar-refractivity contribution in [2.45, 2.75) is 58.9 Å². The number of benzene rings is 1. The summed E-state index contributed by atoms with van der Waals surface area (Å²) in [7, 11) is 0. The first kappa shape index (κ1) is 23.2. The first-order chi connectivity index (χ1) is 14.3. The number of likely N-dealkylation sites (tertiary alicyclic amines) is 1. The summed E-state index contributed by atoms with van der Waals surface area (Å²) >= 11 is 0. The van der Waals surface area contributed by atoms with Gasteiger partial charge in [0.25, 0.3) is 0 Å². The van der Waals surface area contributed by atoms with E-state index >= 15 is 0 Å². The van der Waals surface area contributed by atoms with Gasteiger partial charge in [0.1, 0.15) is 11.9 Å². The van der Waals surface area contributed by atoms with Gasteiger partial charge in [0, 0.05) is 6.54 Å². The summed E-state index contributed by atoms with van der Waals surface area (Å²) in [4.78, 5) is 40.4. The number of nitrogens with zero attached hydrogens (tertiary/aromatic N) is 2. The molecule has 2 heterocycles. The van der Waals surface area contributed by atoms with Crippen LogP contribution in [0.15, 0.2) is 18.2 Å². The number of anilines is 1. The largest absolute Gasteiger partial charge is 0.480 e. The van der Waals surface area contributed by atoms with Gasteiger partial charge in [0.15, 0.2) is 0 Å². The number of urea groups is 1. The lowest BCUT2D eigenvalue weighted by atomic mass is 9.83. The number of fused-ring (bicyclic) bond motifs is 1. The molecule has 0 spiro atoms. The smallest absolute Gasteiger partial charge is 0.328 e. The monoisotopic (exact) mass is 433 g/mol. The topological polar surface area (TPSA) is 90.0 Å². The zero-order valence-electron chi connectivity index (χ0n) is 18.9. The maximum atomic E-state index is 13.8. The molecule has 2 aliphatic rings. The summed E-state index contributed by atoms with van der Waals surface area (Å²) in [6.45, 7) is 10.9. The molecule has 170 valence electrons. The number of halogens is 1. The lowest BCUT2D eigenvalue weighted by Crippen LogP contribution is -2.53. The number of carbonyl (C=O) groups is 3. The summed E-state index contributed by atoms with van der Waals surface area (Å²) in [5.41, 5.74) is -0.357. The average molecular weight is 434 g/mol. The molecule has 31 heavy (non-hydrogen) atoms. The van der Waals surface area contributed by atoms with Gasteiger partial charge in [-0.05, 0) is 68.8 Å². The van der Waals surface area contributed by atoms with E-state index in [9.17, 15) is 23.9 Å². The van der Waals surface area contributed by atoms with Gasteiger partial charge in [0.2, 0.25) is 5.91 Å². The van der Waals surface area contributed by atoms with Gasteiger partial charge in [-0.2, -0.15) is 0 Å². The molecule has 1 aromatic rings. The molecule has 0 bridgehead atoms. The molecule has 0 radical (unpaired) electrons. The van der Waals surface area contributed by atoms with E-state index < -0.39 is 29.3 Å². The highest BCUT2D eigenvalue weighted by atomic mass is 19.1. The fourth-order valence-corrected chi connectivity index (χ4v) is 4.72. The van der Waals surface area contributed by atoms with Crippen LogP contribution in [0.3, 0.4) is 0 Å². The molecule has 1 fully saturated rings. The first-order valence-electron chi connectivity index (χ1n) is 10.7. The van der Waals surface area contributed by atoms with E-state index in [0.717, 1.165) is 17.7 Å². The number of piperidine rings is 1. The molecule has 0 aliphatic carbocycles. The van der Waals surface area contributed by atoms with Gasteiger partial charge in [0.05, 0.1) is 11.1 Å². The first-order valence-corrected chi connectivity index (χ1v) is 10.7. The third-order valence-corrected chi connectivity index (χ3v) is 6.43. The number of hydrogen-bond donors (Lipinski definition) is 2. The van der Waals surface area contributed by atoms with E-state index in [4.69, 9.17) is 0 Å². The quantitative estimate of drug-likeness (QED) is 0.760. The lowest BCUT2D eigenvalue weighted by molar-refractivity contribution is -0.148. The average Bonchev–Trinajstić information content (AvgIpc) is 2.85. The number of hydrogen-bond acceptors (Lipinski definition) is 4. The Bertz CT molecular complexity index is 885. The van der Waals surface area contributed by atoms with Crippen LogP contribution in [0.1, 0.15) is 53.0 Å². The van der Waals surface area contributed by atoms with Crippen molar-refractivity contribution in [2.75, 3.05) is 24.5 Å². The highest BCUT2D eigenvalue weighted by Crippen LogP contribution is 2.41. The predicted molar refractivity (Wildman–Crippen MR) is 115 cm³/mol. The van der Waals surface area contributed by atoms with Crippen LogP contribution in [0.2, 0.25) is 0 Å². The minimum Gasteiger partial charge on any atom is -0.480 e. The van der Waals surface area contributed by atoms with Crippen molar-refractivity contribution in [1.29, 1.82) is 0 Å². The standard InChI is InChI=1S/C23H32FN3O4/c1-22(2,3)18(19(28)29)26-10-8-14(9-11-26)13-25-21(31)27-17-12-15(24)6-7-16(17)23(4,5)20(27)30/h6-7,12,14,18H,8-11,13H2,1-5H3,(H,25,31)(H,28,29). The second-order valence-corrected chi connectivity index (χ2v) is 10.2. The molecule has 0 aromatic heterocycles. The number of nitrogens with one attached hydrogen (secondary N) is 1. The van der Waals surface area contributed by atoms with Gasteiger partial charge in [-0.15, -0.1) is 0 Å². The van der Waals surface area contributed by atoms with Crippen LogP contribution in [0.5, 0.6) is 0 Å². The lowest BCUT2D eigenvalue weighted by Gasteiger charge is -2.41. The van der Waals surface area contributed by atoms with E-state index in [1.807, 2.05) is 25.7 Å². The molecule has 2 N–H and O–H groups in total. The van der Waals surface area contributed by atoms with E-state index in [0.29, 0.717) is 25.2 Å². The molecule has 3 amide bonds. The Balaban J connectivity index is 1.61. The molecular formula is C23H32FN3O4.